The van der Waals surface area contributed by atoms with E-state index in [1.807, 2.05) is 6.92 Å². The van der Waals surface area contributed by atoms with Gasteiger partial charge in [0.05, 0.1) is 15.6 Å². The zero-order chi connectivity index (χ0) is 9.42. The van der Waals surface area contributed by atoms with Gasteiger partial charge in [0.1, 0.15) is 10.8 Å². The van der Waals surface area contributed by atoms with E-state index in [2.05, 4.69) is 4.98 Å². The number of rotatable bonds is 1. The minimum absolute atomic E-state index is 0.111. The molecule has 0 saturated carbocycles. The van der Waals surface area contributed by atoms with E-state index in [9.17, 15) is 4.39 Å². The highest BCUT2D eigenvalue weighted by Gasteiger charge is 2.08. The highest BCUT2D eigenvalue weighted by Crippen LogP contribution is 2.29. The van der Waals surface area contributed by atoms with Gasteiger partial charge in [-0.05, 0) is 19.1 Å². The Balaban J connectivity index is 2.62. The van der Waals surface area contributed by atoms with Crippen molar-refractivity contribution in [3.63, 3.8) is 0 Å². The summed E-state index contributed by atoms with van der Waals surface area (Å²) in [5.74, 6) is -0.258. The Kier molecular flexibility index (Phi) is 2.22. The molecule has 1 aromatic carbocycles. The second-order valence-corrected chi connectivity index (χ2v) is 4.50. The molecule has 0 radical (unpaired) electrons. The molecule has 0 amide bonds. The molecule has 0 spiro atoms. The van der Waals surface area contributed by atoms with Crippen molar-refractivity contribution in [3.8, 4) is 0 Å². The number of halogens is 2. The highest BCUT2D eigenvalue weighted by atomic mass is 35.5. The van der Waals surface area contributed by atoms with Crippen molar-refractivity contribution in [1.29, 1.82) is 0 Å². The van der Waals surface area contributed by atoms with Crippen LogP contribution in [0.1, 0.15) is 17.3 Å². The lowest BCUT2D eigenvalue weighted by atomic mass is 10.3. The number of alkyl halides is 1. The summed E-state index contributed by atoms with van der Waals surface area (Å²) in [6.45, 7) is 1.86. The molecule has 1 heterocycles. The van der Waals surface area contributed by atoms with Gasteiger partial charge < -0.3 is 0 Å². The molecule has 0 aliphatic carbocycles. The average molecular weight is 216 g/mol. The molecule has 0 N–H and O–H groups in total. The molecule has 0 bridgehead atoms. The lowest BCUT2D eigenvalue weighted by molar-refractivity contribution is 0.629. The second-order valence-electron chi connectivity index (χ2n) is 2.78. The molecule has 0 aliphatic heterocycles. The lowest BCUT2D eigenvalue weighted by Crippen LogP contribution is -1.80. The standard InChI is InChI=1S/C9H7ClFNS/c1-5(10)9-12-7-4-6(11)2-3-8(7)13-9/h2-5H,1H3. The fourth-order valence-corrected chi connectivity index (χ4v) is 2.15. The molecule has 0 aliphatic rings. The van der Waals surface area contributed by atoms with Crippen LogP contribution in [0.25, 0.3) is 10.2 Å². The van der Waals surface area contributed by atoms with Gasteiger partial charge in [-0.15, -0.1) is 22.9 Å². The maximum atomic E-state index is 12.8. The molecule has 2 aromatic rings. The largest absolute Gasteiger partial charge is 0.240 e. The summed E-state index contributed by atoms with van der Waals surface area (Å²) in [7, 11) is 0. The first-order valence-corrected chi connectivity index (χ1v) is 5.12. The molecule has 13 heavy (non-hydrogen) atoms. The van der Waals surface area contributed by atoms with E-state index in [1.165, 1.54) is 23.5 Å². The minimum Gasteiger partial charge on any atom is -0.240 e. The van der Waals surface area contributed by atoms with E-state index in [1.54, 1.807) is 6.07 Å². The van der Waals surface area contributed by atoms with Crippen molar-refractivity contribution in [1.82, 2.24) is 4.98 Å². The molecular weight excluding hydrogens is 209 g/mol. The van der Waals surface area contributed by atoms with Crippen molar-refractivity contribution >= 4 is 33.2 Å². The van der Waals surface area contributed by atoms with Crippen LogP contribution >= 0.6 is 22.9 Å². The van der Waals surface area contributed by atoms with E-state index in [0.29, 0.717) is 5.52 Å². The summed E-state index contributed by atoms with van der Waals surface area (Å²) in [5.41, 5.74) is 0.688. The lowest BCUT2D eigenvalue weighted by Gasteiger charge is -1.91. The average Bonchev–Trinajstić information content (AvgIpc) is 2.46. The Bertz CT molecular complexity index is 438. The van der Waals surface area contributed by atoms with E-state index in [-0.39, 0.29) is 11.2 Å². The molecule has 1 unspecified atom stereocenters. The third-order valence-electron chi connectivity index (χ3n) is 1.71. The second kappa shape index (κ2) is 3.24. The van der Waals surface area contributed by atoms with Gasteiger partial charge in [-0.25, -0.2) is 9.37 Å². The molecule has 2 rings (SSSR count). The predicted molar refractivity (Wildman–Crippen MR) is 53.8 cm³/mol. The normalized spacial score (nSPS) is 13.5. The fraction of sp³-hybridized carbons (Fsp3) is 0.222. The third kappa shape index (κ3) is 1.67. The molecule has 1 atom stereocenters. The van der Waals surface area contributed by atoms with Crippen LogP contribution in [0.15, 0.2) is 18.2 Å². The van der Waals surface area contributed by atoms with E-state index < -0.39 is 0 Å². The summed E-state index contributed by atoms with van der Waals surface area (Å²) >= 11 is 7.37. The van der Waals surface area contributed by atoms with Crippen LogP contribution in [-0.2, 0) is 0 Å². The summed E-state index contributed by atoms with van der Waals surface area (Å²) < 4.78 is 13.8. The molecule has 68 valence electrons. The van der Waals surface area contributed by atoms with Gasteiger partial charge in [0, 0.05) is 6.07 Å². The number of benzene rings is 1. The first-order chi connectivity index (χ1) is 6.16. The third-order valence-corrected chi connectivity index (χ3v) is 3.26. The Morgan fingerprint density at radius 1 is 1.54 bits per heavy atom. The SMILES string of the molecule is CC(Cl)c1nc2cc(F)ccc2s1. The van der Waals surface area contributed by atoms with Gasteiger partial charge in [-0.2, -0.15) is 0 Å². The smallest absolute Gasteiger partial charge is 0.125 e. The van der Waals surface area contributed by atoms with E-state index >= 15 is 0 Å². The van der Waals surface area contributed by atoms with Crippen molar-refractivity contribution in [2.45, 2.75) is 12.3 Å². The summed E-state index contributed by atoms with van der Waals surface area (Å²) in [4.78, 5) is 4.22. The van der Waals surface area contributed by atoms with Gasteiger partial charge in [0.2, 0.25) is 0 Å². The molecule has 0 saturated heterocycles. The first kappa shape index (κ1) is 8.91. The van der Waals surface area contributed by atoms with Crippen molar-refractivity contribution in [3.05, 3.63) is 29.0 Å². The van der Waals surface area contributed by atoms with Gasteiger partial charge in [0.15, 0.2) is 0 Å². The fourth-order valence-electron chi connectivity index (χ4n) is 1.09. The summed E-state index contributed by atoms with van der Waals surface area (Å²) in [5, 5.41) is 0.725. The van der Waals surface area contributed by atoms with Crippen LogP contribution in [0.5, 0.6) is 0 Å². The van der Waals surface area contributed by atoms with Crippen LogP contribution < -0.4 is 0 Å². The van der Waals surface area contributed by atoms with Crippen LogP contribution in [0.3, 0.4) is 0 Å². The summed E-state index contributed by atoms with van der Waals surface area (Å²) in [6.07, 6.45) is 0. The van der Waals surface area contributed by atoms with Gasteiger partial charge >= 0.3 is 0 Å². The van der Waals surface area contributed by atoms with Gasteiger partial charge in [-0.3, -0.25) is 0 Å². The maximum Gasteiger partial charge on any atom is 0.125 e. The van der Waals surface area contributed by atoms with Crippen LogP contribution in [0.4, 0.5) is 4.39 Å². The molecule has 0 fully saturated rings. The zero-order valence-electron chi connectivity index (χ0n) is 6.92. The number of nitrogens with zero attached hydrogens (tertiary/aromatic N) is 1. The van der Waals surface area contributed by atoms with Gasteiger partial charge in [-0.1, -0.05) is 0 Å². The maximum absolute atomic E-state index is 12.8. The van der Waals surface area contributed by atoms with Crippen LogP contribution in [0.2, 0.25) is 0 Å². The zero-order valence-corrected chi connectivity index (χ0v) is 8.49. The Morgan fingerprint density at radius 3 is 3.00 bits per heavy atom. The number of fused-ring (bicyclic) bond motifs is 1. The number of thiazole rings is 1. The molecule has 1 aromatic heterocycles. The Hall–Kier alpha value is -0.670. The van der Waals surface area contributed by atoms with Gasteiger partial charge in [0.25, 0.3) is 0 Å². The molecule has 4 heteroatoms. The molecule has 1 nitrogen and oxygen atoms in total. The van der Waals surface area contributed by atoms with Crippen molar-refractivity contribution in [2.24, 2.45) is 0 Å². The topological polar surface area (TPSA) is 12.9 Å². The predicted octanol–water partition coefficient (Wildman–Crippen LogP) is 3.74. The first-order valence-electron chi connectivity index (χ1n) is 3.87. The van der Waals surface area contributed by atoms with Crippen LogP contribution in [0, 0.1) is 5.82 Å². The monoisotopic (exact) mass is 215 g/mol. The quantitative estimate of drug-likeness (QED) is 0.661. The number of hydrogen-bond donors (Lipinski definition) is 0. The van der Waals surface area contributed by atoms with Crippen LogP contribution in [-0.4, -0.2) is 4.98 Å². The summed E-state index contributed by atoms with van der Waals surface area (Å²) in [6, 6.07) is 4.59. The van der Waals surface area contributed by atoms with Crippen molar-refractivity contribution < 1.29 is 4.39 Å². The Morgan fingerprint density at radius 2 is 2.31 bits per heavy atom. The number of hydrogen-bond acceptors (Lipinski definition) is 2. The number of aromatic nitrogens is 1. The van der Waals surface area contributed by atoms with E-state index in [4.69, 9.17) is 11.6 Å². The van der Waals surface area contributed by atoms with E-state index in [0.717, 1.165) is 9.71 Å². The van der Waals surface area contributed by atoms with Crippen molar-refractivity contribution in [2.75, 3.05) is 0 Å². The minimum atomic E-state index is -0.258. The highest BCUT2D eigenvalue weighted by molar-refractivity contribution is 7.18. The Labute approximate surface area is 84.2 Å². The molecular formula is C9H7ClFNS.